The first kappa shape index (κ1) is 14.8. The number of thioether (sulfide) groups is 1. The van der Waals surface area contributed by atoms with Crippen LogP contribution in [0.25, 0.3) is 0 Å². The van der Waals surface area contributed by atoms with Gasteiger partial charge in [-0.05, 0) is 31.0 Å². The molecule has 0 spiro atoms. The predicted octanol–water partition coefficient (Wildman–Crippen LogP) is 3.54. The fraction of sp³-hybridized carbons (Fsp3) is 0.571. The molecule has 0 heterocycles. The lowest BCUT2D eigenvalue weighted by molar-refractivity contribution is 0.511. The Hall–Kier alpha value is -0.650. The molecule has 1 aliphatic carbocycles. The quantitative estimate of drug-likeness (QED) is 0.642. The molecule has 5 heteroatoms. The average Bonchev–Trinajstić information content (AvgIpc) is 2.44. The van der Waals surface area contributed by atoms with Crippen LogP contribution in [0.5, 0.6) is 0 Å². The topological polar surface area (TPSA) is 38.0 Å². The van der Waals surface area contributed by atoms with Gasteiger partial charge in [-0.15, -0.1) is 0 Å². The Labute approximate surface area is 117 Å². The van der Waals surface area contributed by atoms with Crippen molar-refractivity contribution < 1.29 is 8.78 Å². The van der Waals surface area contributed by atoms with Crippen LogP contribution in [-0.4, -0.2) is 11.0 Å². The summed E-state index contributed by atoms with van der Waals surface area (Å²) in [5.74, 6) is 5.32. The molecular weight excluding hydrogens is 266 g/mol. The van der Waals surface area contributed by atoms with Crippen LogP contribution in [0.15, 0.2) is 18.2 Å². The summed E-state index contributed by atoms with van der Waals surface area (Å²) in [4.78, 5) is 0. The van der Waals surface area contributed by atoms with Crippen molar-refractivity contribution >= 4 is 11.8 Å². The number of halogens is 2. The third-order valence-corrected chi connectivity index (χ3v) is 5.05. The maximum atomic E-state index is 13.7. The number of benzene rings is 1. The summed E-state index contributed by atoms with van der Waals surface area (Å²) in [5, 5.41) is 0.626. The first-order valence-corrected chi connectivity index (χ1v) is 7.78. The van der Waals surface area contributed by atoms with Gasteiger partial charge in [-0.2, -0.15) is 11.8 Å². The van der Waals surface area contributed by atoms with Crippen LogP contribution in [0, 0.1) is 11.6 Å². The highest BCUT2D eigenvalue weighted by atomic mass is 32.2. The number of hydrazine groups is 1. The first-order valence-electron chi connectivity index (χ1n) is 6.73. The minimum atomic E-state index is -0.431. The summed E-state index contributed by atoms with van der Waals surface area (Å²) >= 11 is 1.81. The van der Waals surface area contributed by atoms with Crippen LogP contribution in [0.4, 0.5) is 8.78 Å². The average molecular weight is 286 g/mol. The molecule has 1 saturated carbocycles. The molecule has 0 bridgehead atoms. The lowest BCUT2D eigenvalue weighted by Gasteiger charge is -2.24. The maximum Gasteiger partial charge on any atom is 0.128 e. The zero-order chi connectivity index (χ0) is 13.7. The summed E-state index contributed by atoms with van der Waals surface area (Å²) in [6, 6.07) is 3.16. The van der Waals surface area contributed by atoms with Gasteiger partial charge in [0.1, 0.15) is 11.6 Å². The van der Waals surface area contributed by atoms with Gasteiger partial charge in [-0.1, -0.05) is 19.3 Å². The van der Waals surface area contributed by atoms with Crippen LogP contribution in [-0.2, 0) is 0 Å². The Kier molecular flexibility index (Phi) is 5.60. The Morgan fingerprint density at radius 2 is 2.00 bits per heavy atom. The minimum Gasteiger partial charge on any atom is -0.271 e. The van der Waals surface area contributed by atoms with Crippen molar-refractivity contribution in [2.24, 2.45) is 5.84 Å². The Bertz CT molecular complexity index is 408. The molecule has 106 valence electrons. The van der Waals surface area contributed by atoms with E-state index < -0.39 is 11.6 Å². The molecule has 0 radical (unpaired) electrons. The van der Waals surface area contributed by atoms with Gasteiger partial charge < -0.3 is 0 Å². The van der Waals surface area contributed by atoms with Crippen molar-refractivity contribution in [1.29, 1.82) is 0 Å². The van der Waals surface area contributed by atoms with Gasteiger partial charge in [0, 0.05) is 16.6 Å². The molecule has 2 rings (SSSR count). The first-order chi connectivity index (χ1) is 9.20. The Balaban J connectivity index is 1.97. The third-order valence-electron chi connectivity index (χ3n) is 3.59. The monoisotopic (exact) mass is 286 g/mol. The van der Waals surface area contributed by atoms with Crippen molar-refractivity contribution in [2.45, 2.75) is 43.4 Å². The van der Waals surface area contributed by atoms with Crippen molar-refractivity contribution in [2.75, 3.05) is 5.75 Å². The fourth-order valence-electron chi connectivity index (χ4n) is 2.47. The summed E-state index contributed by atoms with van der Waals surface area (Å²) in [6.45, 7) is 0. The molecule has 3 N–H and O–H groups in total. The lowest BCUT2D eigenvalue weighted by Crippen LogP contribution is -2.31. The summed E-state index contributed by atoms with van der Waals surface area (Å²) < 4.78 is 26.9. The van der Waals surface area contributed by atoms with E-state index in [2.05, 4.69) is 5.43 Å². The van der Waals surface area contributed by atoms with Crippen LogP contribution in [0.2, 0.25) is 0 Å². The van der Waals surface area contributed by atoms with E-state index in [0.29, 0.717) is 16.6 Å². The zero-order valence-electron chi connectivity index (χ0n) is 10.9. The molecule has 0 amide bonds. The highest BCUT2D eigenvalue weighted by molar-refractivity contribution is 7.99. The van der Waals surface area contributed by atoms with E-state index in [0.717, 1.165) is 12.1 Å². The standard InChI is InChI=1S/C14H20F2N2S/c15-10-6-7-13(16)12(8-10)14(18-17)9-19-11-4-2-1-3-5-11/h6-8,11,14,18H,1-5,9,17H2. The van der Waals surface area contributed by atoms with Crippen molar-refractivity contribution in [3.8, 4) is 0 Å². The van der Waals surface area contributed by atoms with Gasteiger partial charge in [0.15, 0.2) is 0 Å². The van der Waals surface area contributed by atoms with E-state index >= 15 is 0 Å². The highest BCUT2D eigenvalue weighted by Gasteiger charge is 2.19. The van der Waals surface area contributed by atoms with Gasteiger partial charge >= 0.3 is 0 Å². The molecule has 0 aliphatic heterocycles. The predicted molar refractivity (Wildman–Crippen MR) is 75.8 cm³/mol. The van der Waals surface area contributed by atoms with Gasteiger partial charge in [0.2, 0.25) is 0 Å². The Morgan fingerprint density at radius 3 is 2.68 bits per heavy atom. The smallest absolute Gasteiger partial charge is 0.128 e. The second-order valence-electron chi connectivity index (χ2n) is 4.98. The second-order valence-corrected chi connectivity index (χ2v) is 6.31. The number of nitrogens with one attached hydrogen (secondary N) is 1. The van der Waals surface area contributed by atoms with Crippen molar-refractivity contribution in [3.63, 3.8) is 0 Å². The Morgan fingerprint density at radius 1 is 1.26 bits per heavy atom. The van der Waals surface area contributed by atoms with Gasteiger partial charge in [-0.3, -0.25) is 11.3 Å². The number of hydrogen-bond donors (Lipinski definition) is 2. The number of hydrogen-bond acceptors (Lipinski definition) is 3. The van der Waals surface area contributed by atoms with Crippen LogP contribution in [0.3, 0.4) is 0 Å². The van der Waals surface area contributed by atoms with Crippen LogP contribution >= 0.6 is 11.8 Å². The molecule has 1 aromatic rings. The largest absolute Gasteiger partial charge is 0.271 e. The summed E-state index contributed by atoms with van der Waals surface area (Å²) in [6.07, 6.45) is 6.29. The summed E-state index contributed by atoms with van der Waals surface area (Å²) in [5.41, 5.74) is 2.91. The molecule has 2 nitrogen and oxygen atoms in total. The van der Waals surface area contributed by atoms with E-state index in [1.807, 2.05) is 11.8 Å². The van der Waals surface area contributed by atoms with E-state index in [-0.39, 0.29) is 6.04 Å². The van der Waals surface area contributed by atoms with E-state index in [1.54, 1.807) is 0 Å². The van der Waals surface area contributed by atoms with E-state index in [9.17, 15) is 8.78 Å². The number of rotatable bonds is 5. The van der Waals surface area contributed by atoms with Gasteiger partial charge in [0.25, 0.3) is 0 Å². The fourth-order valence-corrected chi connectivity index (χ4v) is 3.88. The molecule has 0 saturated heterocycles. The van der Waals surface area contributed by atoms with Crippen LogP contribution < -0.4 is 11.3 Å². The summed E-state index contributed by atoms with van der Waals surface area (Å²) in [7, 11) is 0. The molecule has 1 unspecified atom stereocenters. The second kappa shape index (κ2) is 7.22. The highest BCUT2D eigenvalue weighted by Crippen LogP contribution is 2.31. The van der Waals surface area contributed by atoms with Gasteiger partial charge in [-0.25, -0.2) is 8.78 Å². The molecule has 1 aromatic carbocycles. The number of nitrogens with two attached hydrogens (primary N) is 1. The molecule has 0 aromatic heterocycles. The molecule has 19 heavy (non-hydrogen) atoms. The molecular formula is C14H20F2N2S. The zero-order valence-corrected chi connectivity index (χ0v) is 11.7. The maximum absolute atomic E-state index is 13.7. The molecule has 1 aliphatic rings. The molecule has 1 atom stereocenters. The van der Waals surface area contributed by atoms with Gasteiger partial charge in [0.05, 0.1) is 6.04 Å². The van der Waals surface area contributed by atoms with Crippen LogP contribution in [0.1, 0.15) is 43.7 Å². The molecule has 1 fully saturated rings. The SMILES string of the molecule is NNC(CSC1CCCCC1)c1cc(F)ccc1F. The van der Waals surface area contributed by atoms with E-state index in [1.165, 1.54) is 38.2 Å². The van der Waals surface area contributed by atoms with E-state index in [4.69, 9.17) is 5.84 Å². The van der Waals surface area contributed by atoms with Crippen molar-refractivity contribution in [3.05, 3.63) is 35.4 Å². The third kappa shape index (κ3) is 4.16. The lowest BCUT2D eigenvalue weighted by atomic mass is 10.0. The van der Waals surface area contributed by atoms with Crippen molar-refractivity contribution in [1.82, 2.24) is 5.43 Å². The normalized spacial score (nSPS) is 18.5. The minimum absolute atomic E-state index is 0.311.